The van der Waals surface area contributed by atoms with Crippen LogP contribution in [0, 0.1) is 4.77 Å². The van der Waals surface area contributed by atoms with Crippen molar-refractivity contribution >= 4 is 47.0 Å². The zero-order chi connectivity index (χ0) is 17.4. The number of pyridine rings is 1. The fourth-order valence-corrected chi connectivity index (χ4v) is 3.62. The minimum Gasteiger partial charge on any atom is -0.338 e. The van der Waals surface area contributed by atoms with Gasteiger partial charge in [-0.1, -0.05) is 23.2 Å². The Hall–Kier alpha value is -1.74. The summed E-state index contributed by atoms with van der Waals surface area (Å²) >= 11 is 17.8. The van der Waals surface area contributed by atoms with Crippen molar-refractivity contribution in [1.82, 2.24) is 29.0 Å². The third-order valence-corrected chi connectivity index (χ3v) is 5.03. The van der Waals surface area contributed by atoms with Gasteiger partial charge >= 0.3 is 0 Å². The molecule has 1 aliphatic rings. The summed E-state index contributed by atoms with van der Waals surface area (Å²) in [5, 5.41) is 5.55. The average Bonchev–Trinajstić information content (AvgIpc) is 2.93. The maximum Gasteiger partial charge on any atom is 0.225 e. The number of piperazine rings is 1. The Labute approximate surface area is 159 Å². The second-order valence-electron chi connectivity index (χ2n) is 5.78. The maximum atomic E-state index is 6.22. The largest absolute Gasteiger partial charge is 0.338 e. The third-order valence-electron chi connectivity index (χ3n) is 4.14. The summed E-state index contributed by atoms with van der Waals surface area (Å²) in [6, 6.07) is 3.49. The molecular weight excluding hydrogens is 381 g/mol. The van der Waals surface area contributed by atoms with Crippen LogP contribution in [0.25, 0.3) is 5.65 Å². The molecule has 0 atom stereocenters. The van der Waals surface area contributed by atoms with E-state index in [0.29, 0.717) is 27.1 Å². The van der Waals surface area contributed by atoms with Gasteiger partial charge in [-0.3, -0.25) is 9.30 Å². The predicted molar refractivity (Wildman–Crippen MR) is 99.9 cm³/mol. The van der Waals surface area contributed by atoms with E-state index in [-0.39, 0.29) is 0 Å². The molecule has 0 unspecified atom stereocenters. The van der Waals surface area contributed by atoms with Gasteiger partial charge in [0.2, 0.25) is 10.7 Å². The second-order valence-corrected chi connectivity index (χ2v) is 6.99. The van der Waals surface area contributed by atoms with Crippen molar-refractivity contribution in [2.24, 2.45) is 0 Å². The quantitative estimate of drug-likeness (QED) is 0.635. The molecular formula is C15H15Cl2N7S. The van der Waals surface area contributed by atoms with E-state index in [1.165, 1.54) is 0 Å². The standard InChI is InChI=1S/C15H15Cl2N7S/c16-11-8-12(17)13-20-24(15(25)23(13)9-11)10-21-4-6-22(7-5-21)14-18-2-1-3-19-14/h1-3,8-9H,4-7,10H2. The van der Waals surface area contributed by atoms with E-state index in [1.54, 1.807) is 33.7 Å². The minimum atomic E-state index is 0.489. The van der Waals surface area contributed by atoms with Crippen LogP contribution >= 0.6 is 35.4 Å². The van der Waals surface area contributed by atoms with Crippen molar-refractivity contribution in [2.75, 3.05) is 31.1 Å². The molecule has 0 N–H and O–H groups in total. The molecule has 0 aromatic carbocycles. The van der Waals surface area contributed by atoms with Crippen LogP contribution in [0.2, 0.25) is 10.0 Å². The van der Waals surface area contributed by atoms with E-state index < -0.39 is 0 Å². The summed E-state index contributed by atoms with van der Waals surface area (Å²) in [7, 11) is 0. The lowest BCUT2D eigenvalue weighted by atomic mass is 10.3. The van der Waals surface area contributed by atoms with E-state index in [0.717, 1.165) is 32.1 Å². The van der Waals surface area contributed by atoms with Crippen molar-refractivity contribution in [2.45, 2.75) is 6.67 Å². The molecule has 0 saturated carbocycles. The van der Waals surface area contributed by atoms with Gasteiger partial charge in [-0.15, -0.1) is 5.10 Å². The molecule has 1 saturated heterocycles. The highest BCUT2D eigenvalue weighted by Crippen LogP contribution is 2.21. The van der Waals surface area contributed by atoms with Crippen LogP contribution in [0.15, 0.2) is 30.7 Å². The molecule has 7 nitrogen and oxygen atoms in total. The van der Waals surface area contributed by atoms with Gasteiger partial charge in [0.05, 0.1) is 16.7 Å². The van der Waals surface area contributed by atoms with Gasteiger partial charge in [0, 0.05) is 44.8 Å². The highest BCUT2D eigenvalue weighted by Gasteiger charge is 2.20. The van der Waals surface area contributed by atoms with Crippen molar-refractivity contribution in [3.63, 3.8) is 0 Å². The van der Waals surface area contributed by atoms with Crippen molar-refractivity contribution in [1.29, 1.82) is 0 Å². The number of halogens is 2. The number of nitrogens with zero attached hydrogens (tertiary/aromatic N) is 7. The lowest BCUT2D eigenvalue weighted by Crippen LogP contribution is -2.47. The molecule has 0 spiro atoms. The number of hydrogen-bond acceptors (Lipinski definition) is 6. The van der Waals surface area contributed by atoms with Gasteiger partial charge in [-0.2, -0.15) is 0 Å². The van der Waals surface area contributed by atoms with Gasteiger partial charge in [0.1, 0.15) is 0 Å². The molecule has 10 heteroatoms. The first-order valence-electron chi connectivity index (χ1n) is 7.80. The Balaban J connectivity index is 1.49. The van der Waals surface area contributed by atoms with E-state index in [2.05, 4.69) is 24.9 Å². The number of rotatable bonds is 3. The summed E-state index contributed by atoms with van der Waals surface area (Å²) in [4.78, 5) is 13.1. The molecule has 0 aliphatic carbocycles. The monoisotopic (exact) mass is 395 g/mol. The highest BCUT2D eigenvalue weighted by atomic mass is 35.5. The van der Waals surface area contributed by atoms with Gasteiger partial charge in [-0.05, 0) is 24.4 Å². The topological polar surface area (TPSA) is 54.5 Å². The van der Waals surface area contributed by atoms with E-state index >= 15 is 0 Å². The van der Waals surface area contributed by atoms with Crippen molar-refractivity contribution in [3.05, 3.63) is 45.5 Å². The first-order chi connectivity index (χ1) is 12.1. The van der Waals surface area contributed by atoms with Crippen LogP contribution in [0.3, 0.4) is 0 Å². The third kappa shape index (κ3) is 3.35. The first kappa shape index (κ1) is 16.7. The maximum absolute atomic E-state index is 6.22. The zero-order valence-corrected chi connectivity index (χ0v) is 15.5. The van der Waals surface area contributed by atoms with Crippen LogP contribution in [0.1, 0.15) is 0 Å². The molecule has 0 bridgehead atoms. The van der Waals surface area contributed by atoms with Crippen LogP contribution in [0.5, 0.6) is 0 Å². The van der Waals surface area contributed by atoms with Crippen LogP contribution in [-0.2, 0) is 6.67 Å². The minimum absolute atomic E-state index is 0.489. The van der Waals surface area contributed by atoms with Crippen LogP contribution in [0.4, 0.5) is 5.95 Å². The number of fused-ring (bicyclic) bond motifs is 1. The Morgan fingerprint density at radius 2 is 1.80 bits per heavy atom. The SMILES string of the molecule is S=c1n(CN2CCN(c3ncccn3)CC2)nc2c(Cl)cc(Cl)cn12. The van der Waals surface area contributed by atoms with Crippen molar-refractivity contribution < 1.29 is 0 Å². The van der Waals surface area contributed by atoms with Crippen LogP contribution in [-0.4, -0.2) is 55.2 Å². The lowest BCUT2D eigenvalue weighted by molar-refractivity contribution is 0.194. The predicted octanol–water partition coefficient (Wildman–Crippen LogP) is 2.74. The second kappa shape index (κ2) is 6.87. The Kier molecular flexibility index (Phi) is 4.60. The molecule has 130 valence electrons. The number of hydrogen-bond donors (Lipinski definition) is 0. The fourth-order valence-electron chi connectivity index (χ4n) is 2.87. The van der Waals surface area contributed by atoms with E-state index in [9.17, 15) is 0 Å². The molecule has 1 aliphatic heterocycles. The summed E-state index contributed by atoms with van der Waals surface area (Å²) < 4.78 is 4.10. The van der Waals surface area contributed by atoms with Gasteiger partial charge in [0.15, 0.2) is 5.65 Å². The van der Waals surface area contributed by atoms with Crippen LogP contribution < -0.4 is 4.90 Å². The molecule has 25 heavy (non-hydrogen) atoms. The van der Waals surface area contributed by atoms with Gasteiger partial charge < -0.3 is 4.90 Å². The highest BCUT2D eigenvalue weighted by molar-refractivity contribution is 7.71. The summed E-state index contributed by atoms with van der Waals surface area (Å²) in [6.45, 7) is 4.08. The fraction of sp³-hybridized carbons (Fsp3) is 0.333. The molecule has 4 heterocycles. The molecule has 0 amide bonds. The summed E-state index contributed by atoms with van der Waals surface area (Å²) in [5.41, 5.74) is 0.618. The summed E-state index contributed by atoms with van der Waals surface area (Å²) in [6.07, 6.45) is 5.26. The average molecular weight is 396 g/mol. The normalized spacial score (nSPS) is 15.8. The molecule has 1 fully saturated rings. The van der Waals surface area contributed by atoms with E-state index in [4.69, 9.17) is 35.4 Å². The Morgan fingerprint density at radius 3 is 2.52 bits per heavy atom. The first-order valence-corrected chi connectivity index (χ1v) is 8.97. The van der Waals surface area contributed by atoms with Crippen molar-refractivity contribution in [3.8, 4) is 0 Å². The number of aromatic nitrogens is 5. The number of anilines is 1. The van der Waals surface area contributed by atoms with Gasteiger partial charge in [-0.25, -0.2) is 14.6 Å². The molecule has 3 aromatic heterocycles. The summed E-state index contributed by atoms with van der Waals surface area (Å²) in [5.74, 6) is 0.771. The zero-order valence-electron chi connectivity index (χ0n) is 13.2. The molecule has 0 radical (unpaired) electrons. The Bertz CT molecular complexity index is 948. The smallest absolute Gasteiger partial charge is 0.225 e. The Morgan fingerprint density at radius 1 is 1.08 bits per heavy atom. The molecule has 4 rings (SSSR count). The van der Waals surface area contributed by atoms with E-state index in [1.807, 2.05) is 6.07 Å². The van der Waals surface area contributed by atoms with Gasteiger partial charge in [0.25, 0.3) is 0 Å². The lowest BCUT2D eigenvalue weighted by Gasteiger charge is -2.34. The molecule has 3 aromatic rings.